The maximum absolute atomic E-state index is 11.9. The number of imidazole rings is 1. The highest BCUT2D eigenvalue weighted by Gasteiger charge is 2.19. The second-order valence-corrected chi connectivity index (χ2v) is 4.95. The van der Waals surface area contributed by atoms with Crippen LogP contribution in [0.15, 0.2) is 24.3 Å². The number of fused-ring (bicyclic) bond motifs is 1. The molecule has 5 heteroatoms. The van der Waals surface area contributed by atoms with Gasteiger partial charge in [0.25, 0.3) is 0 Å². The molecule has 5 nitrogen and oxygen atoms in total. The minimum absolute atomic E-state index is 0.130. The molecule has 0 radical (unpaired) electrons. The lowest BCUT2D eigenvalue weighted by atomic mass is 10.2. The number of benzene rings is 1. The van der Waals surface area contributed by atoms with Gasteiger partial charge >= 0.3 is 0 Å². The number of nitrogens with two attached hydrogens (primary N) is 1. The predicted molar refractivity (Wildman–Crippen MR) is 80.2 cm³/mol. The van der Waals surface area contributed by atoms with Crippen molar-refractivity contribution in [1.29, 1.82) is 0 Å². The maximum Gasteiger partial charge on any atom is 0.237 e. The fraction of sp³-hybridized carbons (Fsp3) is 0.467. The lowest BCUT2D eigenvalue weighted by Crippen LogP contribution is -2.41. The number of rotatable bonds is 5. The van der Waals surface area contributed by atoms with E-state index in [2.05, 4.69) is 21.8 Å². The summed E-state index contributed by atoms with van der Waals surface area (Å²) in [6.45, 7) is 6.73. The summed E-state index contributed by atoms with van der Waals surface area (Å²) in [5, 5.41) is 2.94. The van der Waals surface area contributed by atoms with E-state index in [1.165, 1.54) is 0 Å². The van der Waals surface area contributed by atoms with Crippen LogP contribution in [0.5, 0.6) is 0 Å². The van der Waals surface area contributed by atoms with Gasteiger partial charge in [-0.3, -0.25) is 4.79 Å². The third-order valence-electron chi connectivity index (χ3n) is 3.52. The Morgan fingerprint density at radius 1 is 1.40 bits per heavy atom. The Hall–Kier alpha value is -1.88. The van der Waals surface area contributed by atoms with E-state index in [4.69, 9.17) is 5.73 Å². The van der Waals surface area contributed by atoms with E-state index in [0.717, 1.165) is 23.4 Å². The van der Waals surface area contributed by atoms with E-state index in [1.807, 2.05) is 38.1 Å². The summed E-state index contributed by atoms with van der Waals surface area (Å²) in [6.07, 6.45) is 0.628. The molecule has 0 saturated carbocycles. The Labute approximate surface area is 119 Å². The number of amides is 1. The molecule has 0 bridgehead atoms. The number of hydrogen-bond acceptors (Lipinski definition) is 3. The van der Waals surface area contributed by atoms with Gasteiger partial charge in [-0.2, -0.15) is 0 Å². The number of nitrogens with zero attached hydrogens (tertiary/aromatic N) is 2. The monoisotopic (exact) mass is 274 g/mol. The quantitative estimate of drug-likeness (QED) is 0.875. The highest BCUT2D eigenvalue weighted by atomic mass is 16.2. The molecule has 0 spiro atoms. The largest absolute Gasteiger partial charge is 0.345 e. The van der Waals surface area contributed by atoms with Crippen LogP contribution in [-0.2, 0) is 11.3 Å². The SMILES string of the molecule is CC[C@H](N)C(=O)NC(C)c1nc2ccccc2n1CC. The highest BCUT2D eigenvalue weighted by molar-refractivity contribution is 5.82. The molecule has 1 aromatic carbocycles. The summed E-state index contributed by atoms with van der Waals surface area (Å²) in [7, 11) is 0. The first-order valence-corrected chi connectivity index (χ1v) is 7.09. The number of carbonyl (C=O) groups is 1. The van der Waals surface area contributed by atoms with Crippen molar-refractivity contribution in [3.8, 4) is 0 Å². The molecular formula is C15H22N4O. The van der Waals surface area contributed by atoms with E-state index in [9.17, 15) is 4.79 Å². The topological polar surface area (TPSA) is 72.9 Å². The first-order valence-electron chi connectivity index (χ1n) is 7.09. The van der Waals surface area contributed by atoms with Crippen molar-refractivity contribution in [2.75, 3.05) is 0 Å². The average molecular weight is 274 g/mol. The van der Waals surface area contributed by atoms with Gasteiger partial charge in [0.15, 0.2) is 0 Å². The summed E-state index contributed by atoms with van der Waals surface area (Å²) in [5.74, 6) is 0.736. The number of nitrogens with one attached hydrogen (secondary N) is 1. The molecule has 1 amide bonds. The number of carbonyl (C=O) groups excluding carboxylic acids is 1. The van der Waals surface area contributed by atoms with E-state index in [1.54, 1.807) is 0 Å². The molecule has 2 atom stereocenters. The van der Waals surface area contributed by atoms with Crippen molar-refractivity contribution in [2.24, 2.45) is 5.73 Å². The number of hydrogen-bond donors (Lipinski definition) is 2. The summed E-state index contributed by atoms with van der Waals surface area (Å²) in [5.41, 5.74) is 7.79. The predicted octanol–water partition coefficient (Wildman–Crippen LogP) is 1.97. The van der Waals surface area contributed by atoms with Crippen molar-refractivity contribution in [3.63, 3.8) is 0 Å². The fourth-order valence-electron chi connectivity index (χ4n) is 2.33. The van der Waals surface area contributed by atoms with Crippen molar-refractivity contribution < 1.29 is 4.79 Å². The fourth-order valence-corrected chi connectivity index (χ4v) is 2.33. The number of aromatic nitrogens is 2. The van der Waals surface area contributed by atoms with E-state index in [-0.39, 0.29) is 11.9 Å². The van der Waals surface area contributed by atoms with Gasteiger partial charge in [0.2, 0.25) is 5.91 Å². The van der Waals surface area contributed by atoms with Crippen LogP contribution >= 0.6 is 0 Å². The first-order chi connectivity index (χ1) is 9.58. The van der Waals surface area contributed by atoms with Crippen molar-refractivity contribution in [2.45, 2.75) is 45.8 Å². The molecule has 2 aromatic rings. The summed E-state index contributed by atoms with van der Waals surface area (Å²) in [6, 6.07) is 7.37. The Balaban J connectivity index is 2.30. The van der Waals surface area contributed by atoms with Crippen LogP contribution in [0.2, 0.25) is 0 Å². The Morgan fingerprint density at radius 3 is 2.75 bits per heavy atom. The van der Waals surface area contributed by atoms with Crippen LogP contribution in [0, 0.1) is 0 Å². The molecule has 1 unspecified atom stereocenters. The number of aryl methyl sites for hydroxylation is 1. The standard InChI is InChI=1S/C15H22N4O/c1-4-11(16)15(20)17-10(3)14-18-12-8-6-7-9-13(12)19(14)5-2/h6-11H,4-5,16H2,1-3H3,(H,17,20)/t10?,11-/m0/s1. The zero-order chi connectivity index (χ0) is 14.7. The summed E-state index contributed by atoms with van der Waals surface area (Å²) >= 11 is 0. The van der Waals surface area contributed by atoms with E-state index < -0.39 is 6.04 Å². The molecule has 0 saturated heterocycles. The number of para-hydroxylation sites is 2. The second-order valence-electron chi connectivity index (χ2n) is 4.95. The van der Waals surface area contributed by atoms with Crippen molar-refractivity contribution in [1.82, 2.24) is 14.9 Å². The molecule has 3 N–H and O–H groups in total. The zero-order valence-electron chi connectivity index (χ0n) is 12.3. The molecule has 0 aliphatic rings. The zero-order valence-corrected chi connectivity index (χ0v) is 12.3. The van der Waals surface area contributed by atoms with Gasteiger partial charge in [-0.25, -0.2) is 4.98 Å². The Kier molecular flexibility index (Phi) is 4.39. The summed E-state index contributed by atoms with van der Waals surface area (Å²) < 4.78 is 2.12. The molecule has 2 rings (SSSR count). The molecule has 20 heavy (non-hydrogen) atoms. The lowest BCUT2D eigenvalue weighted by molar-refractivity contribution is -0.123. The van der Waals surface area contributed by atoms with E-state index >= 15 is 0 Å². The van der Waals surface area contributed by atoms with Crippen LogP contribution in [0.25, 0.3) is 11.0 Å². The molecular weight excluding hydrogens is 252 g/mol. The molecule has 1 heterocycles. The third kappa shape index (κ3) is 2.67. The smallest absolute Gasteiger partial charge is 0.237 e. The van der Waals surface area contributed by atoms with Crippen LogP contribution in [-0.4, -0.2) is 21.5 Å². The van der Waals surface area contributed by atoms with Crippen molar-refractivity contribution in [3.05, 3.63) is 30.1 Å². The Morgan fingerprint density at radius 2 is 2.10 bits per heavy atom. The maximum atomic E-state index is 11.9. The normalized spacial score (nSPS) is 14.2. The van der Waals surface area contributed by atoms with Gasteiger partial charge in [0.05, 0.1) is 23.1 Å². The van der Waals surface area contributed by atoms with Gasteiger partial charge in [-0.1, -0.05) is 19.1 Å². The minimum Gasteiger partial charge on any atom is -0.345 e. The van der Waals surface area contributed by atoms with Gasteiger partial charge < -0.3 is 15.6 Å². The molecule has 0 fully saturated rings. The van der Waals surface area contributed by atoms with Gasteiger partial charge in [0, 0.05) is 6.54 Å². The lowest BCUT2D eigenvalue weighted by Gasteiger charge is -2.17. The summed E-state index contributed by atoms with van der Waals surface area (Å²) in [4.78, 5) is 16.5. The van der Waals surface area contributed by atoms with Crippen LogP contribution in [0.1, 0.15) is 39.1 Å². The van der Waals surface area contributed by atoms with Gasteiger partial charge in [-0.05, 0) is 32.4 Å². The van der Waals surface area contributed by atoms with Crippen LogP contribution in [0.3, 0.4) is 0 Å². The molecule has 108 valence electrons. The average Bonchev–Trinajstić information content (AvgIpc) is 2.84. The van der Waals surface area contributed by atoms with Gasteiger partial charge in [-0.15, -0.1) is 0 Å². The minimum atomic E-state index is -0.461. The van der Waals surface area contributed by atoms with Crippen LogP contribution in [0.4, 0.5) is 0 Å². The Bertz CT molecular complexity index is 605. The second kappa shape index (κ2) is 6.05. The van der Waals surface area contributed by atoms with Crippen LogP contribution < -0.4 is 11.1 Å². The third-order valence-corrected chi connectivity index (χ3v) is 3.52. The van der Waals surface area contributed by atoms with Crippen molar-refractivity contribution >= 4 is 16.9 Å². The molecule has 0 aliphatic heterocycles. The van der Waals surface area contributed by atoms with E-state index in [0.29, 0.717) is 6.42 Å². The molecule has 1 aromatic heterocycles. The molecule has 0 aliphatic carbocycles. The van der Waals surface area contributed by atoms with Gasteiger partial charge in [0.1, 0.15) is 5.82 Å². The highest BCUT2D eigenvalue weighted by Crippen LogP contribution is 2.20. The first kappa shape index (κ1) is 14.5.